The largest absolute Gasteiger partial charge is 0.449 e. The van der Waals surface area contributed by atoms with Crippen molar-refractivity contribution in [2.24, 2.45) is 11.7 Å². The fourth-order valence-corrected chi connectivity index (χ4v) is 1.50. The van der Waals surface area contributed by atoms with Crippen LogP contribution in [0.2, 0.25) is 0 Å². The molecule has 3 heteroatoms. The summed E-state index contributed by atoms with van der Waals surface area (Å²) in [7, 11) is 0. The molecule has 1 aliphatic carbocycles. The van der Waals surface area contributed by atoms with Crippen molar-refractivity contribution in [3.63, 3.8) is 0 Å². The van der Waals surface area contributed by atoms with Gasteiger partial charge in [-0.05, 0) is 25.2 Å². The lowest BCUT2D eigenvalue weighted by molar-refractivity contribution is 0.140. The number of ether oxygens (including phenoxy) is 1. The number of rotatable bonds is 4. The van der Waals surface area contributed by atoms with Crippen molar-refractivity contribution in [1.82, 2.24) is 0 Å². The smallest absolute Gasteiger partial charge is 0.404 e. The Hall–Kier alpha value is -1.25. The molecule has 1 amide bonds. The van der Waals surface area contributed by atoms with Crippen LogP contribution in [-0.2, 0) is 4.74 Å². The first-order chi connectivity index (χ1) is 6.68. The van der Waals surface area contributed by atoms with Crippen LogP contribution in [0.3, 0.4) is 0 Å². The average Bonchev–Trinajstić information content (AvgIpc) is 2.16. The van der Waals surface area contributed by atoms with Crippen LogP contribution >= 0.6 is 0 Å². The number of allylic oxidation sites excluding steroid dienone is 4. The number of hydrogen-bond donors (Lipinski definition) is 1. The zero-order valence-electron chi connectivity index (χ0n) is 8.53. The van der Waals surface area contributed by atoms with Crippen LogP contribution in [0, 0.1) is 5.92 Å². The molecule has 0 aromatic heterocycles. The standard InChI is InChI=1S/C11H17NO2/c1-9(8-14-11(12)13)7-10-5-3-2-4-6-10/h3,5-6,9H,2,4,7-8H2,1H3,(H2,12,13)/t9-/m0/s1. The second kappa shape index (κ2) is 5.47. The molecule has 0 aromatic rings. The molecule has 0 aromatic carbocycles. The van der Waals surface area contributed by atoms with Crippen LogP contribution in [0.25, 0.3) is 0 Å². The van der Waals surface area contributed by atoms with E-state index < -0.39 is 6.09 Å². The molecule has 2 N–H and O–H groups in total. The molecule has 0 bridgehead atoms. The Kier molecular flexibility index (Phi) is 4.23. The fraction of sp³-hybridized carbons (Fsp3) is 0.545. The lowest BCUT2D eigenvalue weighted by Crippen LogP contribution is -2.17. The number of carbonyl (C=O) groups is 1. The Balaban J connectivity index is 2.25. The third-order valence-corrected chi connectivity index (χ3v) is 2.17. The van der Waals surface area contributed by atoms with Gasteiger partial charge in [-0.1, -0.05) is 30.7 Å². The van der Waals surface area contributed by atoms with Gasteiger partial charge in [-0.3, -0.25) is 0 Å². The monoisotopic (exact) mass is 195 g/mol. The number of carbonyl (C=O) groups excluding carboxylic acids is 1. The van der Waals surface area contributed by atoms with Crippen LogP contribution in [0.15, 0.2) is 23.8 Å². The quantitative estimate of drug-likeness (QED) is 0.748. The van der Waals surface area contributed by atoms with Gasteiger partial charge in [-0.2, -0.15) is 0 Å². The van der Waals surface area contributed by atoms with Gasteiger partial charge in [0.15, 0.2) is 0 Å². The molecule has 1 aliphatic rings. The molecular formula is C11H17NO2. The molecule has 78 valence electrons. The predicted octanol–water partition coefficient (Wildman–Crippen LogP) is 2.38. The molecule has 3 nitrogen and oxygen atoms in total. The minimum atomic E-state index is -0.690. The summed E-state index contributed by atoms with van der Waals surface area (Å²) in [5.41, 5.74) is 6.21. The van der Waals surface area contributed by atoms with E-state index in [1.54, 1.807) is 0 Å². The summed E-state index contributed by atoms with van der Waals surface area (Å²) in [6, 6.07) is 0. The van der Waals surface area contributed by atoms with Gasteiger partial charge >= 0.3 is 6.09 Å². The van der Waals surface area contributed by atoms with Gasteiger partial charge in [0.2, 0.25) is 0 Å². The number of nitrogens with two attached hydrogens (primary N) is 1. The van der Waals surface area contributed by atoms with Gasteiger partial charge < -0.3 is 10.5 Å². The maximum atomic E-state index is 10.4. The minimum absolute atomic E-state index is 0.330. The van der Waals surface area contributed by atoms with Crippen molar-refractivity contribution < 1.29 is 9.53 Å². The van der Waals surface area contributed by atoms with Crippen LogP contribution in [-0.4, -0.2) is 12.7 Å². The van der Waals surface area contributed by atoms with Gasteiger partial charge in [0.25, 0.3) is 0 Å². The summed E-state index contributed by atoms with van der Waals surface area (Å²) in [5, 5.41) is 0. The number of primary amides is 1. The van der Waals surface area contributed by atoms with E-state index >= 15 is 0 Å². The third kappa shape index (κ3) is 4.12. The molecule has 0 saturated carbocycles. The maximum absolute atomic E-state index is 10.4. The van der Waals surface area contributed by atoms with Crippen molar-refractivity contribution >= 4 is 6.09 Å². The molecule has 1 rings (SSSR count). The van der Waals surface area contributed by atoms with Crippen molar-refractivity contribution in [3.8, 4) is 0 Å². The Morgan fingerprint density at radius 2 is 2.43 bits per heavy atom. The third-order valence-electron chi connectivity index (χ3n) is 2.17. The molecule has 1 atom stereocenters. The Morgan fingerprint density at radius 3 is 3.00 bits per heavy atom. The maximum Gasteiger partial charge on any atom is 0.404 e. The molecule has 0 aliphatic heterocycles. The van der Waals surface area contributed by atoms with Crippen molar-refractivity contribution in [2.75, 3.05) is 6.61 Å². The molecule has 0 unspecified atom stereocenters. The average molecular weight is 195 g/mol. The van der Waals surface area contributed by atoms with Gasteiger partial charge in [-0.25, -0.2) is 4.79 Å². The van der Waals surface area contributed by atoms with Gasteiger partial charge in [0.1, 0.15) is 0 Å². The van der Waals surface area contributed by atoms with Crippen molar-refractivity contribution in [2.45, 2.75) is 26.2 Å². The van der Waals surface area contributed by atoms with E-state index in [2.05, 4.69) is 18.2 Å². The van der Waals surface area contributed by atoms with Crippen molar-refractivity contribution in [3.05, 3.63) is 23.8 Å². The zero-order chi connectivity index (χ0) is 10.4. The van der Waals surface area contributed by atoms with E-state index in [4.69, 9.17) is 10.5 Å². The molecule has 0 fully saturated rings. The van der Waals surface area contributed by atoms with Crippen LogP contribution in [0.5, 0.6) is 0 Å². The molecule has 0 saturated heterocycles. The summed E-state index contributed by atoms with van der Waals surface area (Å²) < 4.78 is 4.73. The van der Waals surface area contributed by atoms with Crippen LogP contribution in [0.1, 0.15) is 26.2 Å². The molecule has 0 spiro atoms. The number of amides is 1. The Bertz CT molecular complexity index is 256. The molecule has 14 heavy (non-hydrogen) atoms. The predicted molar refractivity (Wildman–Crippen MR) is 55.8 cm³/mol. The summed E-state index contributed by atoms with van der Waals surface area (Å²) in [4.78, 5) is 10.4. The summed E-state index contributed by atoms with van der Waals surface area (Å²) in [5.74, 6) is 0.330. The van der Waals surface area contributed by atoms with Gasteiger partial charge in [-0.15, -0.1) is 0 Å². The van der Waals surface area contributed by atoms with E-state index in [0.717, 1.165) is 19.3 Å². The molecule has 0 heterocycles. The zero-order valence-corrected chi connectivity index (χ0v) is 8.53. The summed E-state index contributed by atoms with van der Waals surface area (Å²) in [6.07, 6.45) is 9.07. The first-order valence-corrected chi connectivity index (χ1v) is 4.96. The van der Waals surface area contributed by atoms with E-state index in [-0.39, 0.29) is 0 Å². The van der Waals surface area contributed by atoms with E-state index in [0.29, 0.717) is 12.5 Å². The highest BCUT2D eigenvalue weighted by molar-refractivity contribution is 5.64. The second-order valence-corrected chi connectivity index (χ2v) is 3.70. The van der Waals surface area contributed by atoms with E-state index in [1.165, 1.54) is 5.57 Å². The van der Waals surface area contributed by atoms with Crippen LogP contribution < -0.4 is 5.73 Å². The van der Waals surface area contributed by atoms with E-state index in [9.17, 15) is 4.79 Å². The fourth-order valence-electron chi connectivity index (χ4n) is 1.50. The SMILES string of the molecule is C[C@H](COC(N)=O)CC1=CCCC=C1. The minimum Gasteiger partial charge on any atom is -0.449 e. The van der Waals surface area contributed by atoms with Gasteiger partial charge in [0.05, 0.1) is 6.61 Å². The summed E-state index contributed by atoms with van der Waals surface area (Å²) in [6.45, 7) is 2.45. The highest BCUT2D eigenvalue weighted by atomic mass is 16.5. The van der Waals surface area contributed by atoms with Crippen LogP contribution in [0.4, 0.5) is 4.79 Å². The van der Waals surface area contributed by atoms with Gasteiger partial charge in [0, 0.05) is 0 Å². The second-order valence-electron chi connectivity index (χ2n) is 3.70. The Morgan fingerprint density at radius 1 is 1.64 bits per heavy atom. The van der Waals surface area contributed by atoms with Crippen molar-refractivity contribution in [1.29, 1.82) is 0 Å². The highest BCUT2D eigenvalue weighted by Gasteiger charge is 2.07. The normalized spacial score (nSPS) is 17.4. The summed E-state index contributed by atoms with van der Waals surface area (Å²) >= 11 is 0. The van der Waals surface area contributed by atoms with E-state index in [1.807, 2.05) is 6.92 Å². The lowest BCUT2D eigenvalue weighted by atomic mass is 9.97. The lowest BCUT2D eigenvalue weighted by Gasteiger charge is -2.13. The first-order valence-electron chi connectivity index (χ1n) is 4.96. The highest BCUT2D eigenvalue weighted by Crippen LogP contribution is 2.18. The molecular weight excluding hydrogens is 178 g/mol. The number of hydrogen-bond acceptors (Lipinski definition) is 2. The first kappa shape index (κ1) is 10.8. The molecule has 0 radical (unpaired) electrons. The topological polar surface area (TPSA) is 52.3 Å². The Labute approximate surface area is 84.6 Å².